The topological polar surface area (TPSA) is 3.24 Å². The lowest BCUT2D eigenvalue weighted by Gasteiger charge is -2.71. The van der Waals surface area contributed by atoms with E-state index in [2.05, 4.69) is 11.9 Å². The van der Waals surface area contributed by atoms with E-state index in [-0.39, 0.29) is 0 Å². The summed E-state index contributed by atoms with van der Waals surface area (Å²) in [5, 5.41) is 0. The van der Waals surface area contributed by atoms with Crippen molar-refractivity contribution in [1.82, 2.24) is 4.90 Å². The van der Waals surface area contributed by atoms with Crippen LogP contribution in [0.2, 0.25) is 0 Å². The molecule has 1 aliphatic heterocycles. The predicted octanol–water partition coefficient (Wildman–Crippen LogP) is 7.07. The quantitative estimate of drug-likeness (QED) is 0.253. The van der Waals surface area contributed by atoms with Gasteiger partial charge in [0.25, 0.3) is 0 Å². The van der Waals surface area contributed by atoms with Gasteiger partial charge < -0.3 is 4.90 Å². The van der Waals surface area contributed by atoms with E-state index >= 15 is 0 Å². The minimum Gasteiger partial charge on any atom is -0.305 e. The Balaban J connectivity index is 0.898. The van der Waals surface area contributed by atoms with Gasteiger partial charge in [0, 0.05) is 13.1 Å². The van der Waals surface area contributed by atoms with E-state index in [0.29, 0.717) is 0 Å². The minimum atomic E-state index is 0.803. The fourth-order valence-corrected chi connectivity index (χ4v) is 48.4. The van der Waals surface area contributed by atoms with E-state index in [1.54, 1.807) is 13.1 Å². The second kappa shape index (κ2) is 6.63. The molecular formula is C63H65N. The Kier molecular flexibility index (Phi) is 2.91. The number of likely N-dealkylation sites (tertiary alicyclic amines) is 1. The average molecular weight is 836 g/mol. The Hall–Kier alpha value is -0.0400. The molecule has 0 aromatic heterocycles. The van der Waals surface area contributed by atoms with E-state index < -0.39 is 0 Å². The van der Waals surface area contributed by atoms with Crippen LogP contribution < -0.4 is 0 Å². The molecule has 56 atom stereocenters. The number of nitrogens with zero attached hydrogens (tertiary/aromatic N) is 1. The molecule has 0 N–H and O–H groups in total. The Morgan fingerprint density at radius 1 is 0.172 bits per heavy atom. The lowest BCUT2D eigenvalue weighted by molar-refractivity contribution is -0.246. The summed E-state index contributed by atoms with van der Waals surface area (Å²) in [5.41, 5.74) is 1.61. The molecule has 2 spiro atoms. The smallest absolute Gasteiger partial charge is 0.00469 e. The fraction of sp³-hybridized carbons (Fsp3) is 1.00. The van der Waals surface area contributed by atoms with Gasteiger partial charge in [-0.15, -0.1) is 0 Å². The van der Waals surface area contributed by atoms with Gasteiger partial charge in [0.1, 0.15) is 0 Å². The molecule has 1 saturated heterocycles. The van der Waals surface area contributed by atoms with E-state index in [0.717, 1.165) is 10.8 Å². The third kappa shape index (κ3) is 1.57. The highest BCUT2D eigenvalue weighted by molar-refractivity contribution is 5.52. The zero-order chi connectivity index (χ0) is 37.5. The van der Waals surface area contributed by atoms with Gasteiger partial charge in [-0.1, -0.05) is 0 Å². The molecule has 54 unspecified atom stereocenters. The summed E-state index contributed by atoms with van der Waals surface area (Å²) in [6, 6.07) is 0. The van der Waals surface area contributed by atoms with Crippen LogP contribution in [0.25, 0.3) is 0 Å². The summed E-state index contributed by atoms with van der Waals surface area (Å²) in [5.74, 6) is 75.7. The van der Waals surface area contributed by atoms with Gasteiger partial charge in [0.05, 0.1) is 0 Å². The standard InChI is InChI=1S/C63H65N/c1-64-2-62-58-51-44-32-24-15-6-4-5-7-10(6)19-26(24)34-35-27(19)25-16(7)18-14-9(5)12-11-8(4)13-17(15)30(32)38-36-22(13)20(11)28-29-21(12)23(14)37-39-31(18)33(25)45-47(35)56(55(58)46(34)44)59-52(45)50(39)54-43(37)41(29)48-40(28)42(36)53(49(38)51)60(62)57(48)61(54)63(59,62)3-64/h4-61H,2-3H2,1H3/t4?,5?,6?,7?,8?,9?,10?,11?,12?,13?,14?,15?,16?,17?,18?,19?,20?,21?,22?,23?,24?,25?,26?,27?,28?,29?,30?,31?,32?,33?,34?,35?,36?,37?,38?,39?,40?,41?,42?,43?,44?,45?,46?,47?,48?,49?,50?,51?,52?,53?,54?,55?,56?,57?,58?,59?,60?,61?,62-,63-/m1/s1. The first kappa shape index (κ1) is 28.1. The van der Waals surface area contributed by atoms with Crippen molar-refractivity contribution in [3.8, 4) is 0 Å². The van der Waals surface area contributed by atoms with E-state index in [1.807, 2.05) is 0 Å². The van der Waals surface area contributed by atoms with Crippen LogP contribution in [-0.2, 0) is 0 Å². The number of hydrogen-bond donors (Lipinski definition) is 0. The van der Waals surface area contributed by atoms with Gasteiger partial charge in [0.2, 0.25) is 0 Å². The van der Waals surface area contributed by atoms with Gasteiger partial charge in [0.15, 0.2) is 0 Å². The summed E-state index contributed by atoms with van der Waals surface area (Å²) < 4.78 is 0. The third-order valence-corrected chi connectivity index (χ3v) is 41.8. The molecule has 0 radical (unpaired) electrons. The highest BCUT2D eigenvalue weighted by Crippen LogP contribution is 3.08. The average Bonchev–Trinajstić information content (AvgIpc) is 4.13. The molecule has 0 aromatic rings. The maximum atomic E-state index is 3.31. The maximum absolute atomic E-state index is 3.31. The zero-order valence-electron chi connectivity index (χ0n) is 37.3. The van der Waals surface area contributed by atoms with Crippen molar-refractivity contribution in [3.05, 3.63) is 0 Å². The van der Waals surface area contributed by atoms with Crippen LogP contribution in [0.15, 0.2) is 0 Å². The molecule has 0 amide bonds. The Bertz CT molecular complexity index is 2530. The van der Waals surface area contributed by atoms with Crippen molar-refractivity contribution in [1.29, 1.82) is 0 Å². The molecule has 0 bridgehead atoms. The first-order valence-electron chi connectivity index (χ1n) is 31.5. The molecule has 64 heavy (non-hydrogen) atoms. The van der Waals surface area contributed by atoms with Crippen molar-refractivity contribution in [2.24, 2.45) is 354 Å². The van der Waals surface area contributed by atoms with Crippen molar-refractivity contribution in [3.63, 3.8) is 0 Å². The highest BCUT2D eigenvalue weighted by atomic mass is 15.2. The first-order valence-corrected chi connectivity index (χ1v) is 31.5. The number of hydrogen-bond acceptors (Lipinski definition) is 1. The van der Waals surface area contributed by atoms with Crippen molar-refractivity contribution >= 4 is 0 Å². The van der Waals surface area contributed by atoms with Crippen LogP contribution in [0.4, 0.5) is 0 Å². The monoisotopic (exact) mass is 836 g/mol. The Labute approximate surface area is 377 Å². The van der Waals surface area contributed by atoms with Crippen LogP contribution in [0, 0.1) is 354 Å². The fourth-order valence-electron chi connectivity index (χ4n) is 48.4. The largest absolute Gasteiger partial charge is 0.305 e. The maximum Gasteiger partial charge on any atom is 0.00469 e. The molecular weight excluding hydrogens is 771 g/mol. The third-order valence-electron chi connectivity index (χ3n) is 41.8. The zero-order valence-corrected chi connectivity index (χ0v) is 37.3. The van der Waals surface area contributed by atoms with Crippen LogP contribution >= 0.6 is 0 Å². The number of rotatable bonds is 0. The summed E-state index contributed by atoms with van der Waals surface area (Å²) in [4.78, 5) is 3.31. The SMILES string of the molecule is CN1C[C@@]23C4C5C6C7C8C9C%10C%11C%12C%13C%10C%10C8C8C%14C%10C%10C%13C%13C%15C%12C%12C%16C%11C%11C9C7C7C9C%11C%16C%11C%16C%12C%15C%12C%15C%13C%10C%10C%14C(C4C86)C4C%10C%15C6C%12C%16C8C%11C9C(C75)C2C8C6[C@@]43C1. The van der Waals surface area contributed by atoms with Crippen LogP contribution in [0.5, 0.6) is 0 Å². The molecule has 1 heteroatoms. The first-order chi connectivity index (χ1) is 31.8. The molecule has 0 aromatic carbocycles. The van der Waals surface area contributed by atoms with Crippen molar-refractivity contribution in [2.75, 3.05) is 20.1 Å². The Morgan fingerprint density at radius 3 is 0.469 bits per heavy atom. The normalized spacial score (nSPS) is 106. The second-order valence-electron chi connectivity index (χ2n) is 36.5. The molecule has 33 fully saturated rings. The van der Waals surface area contributed by atoms with Crippen molar-refractivity contribution < 1.29 is 0 Å². The van der Waals surface area contributed by atoms with Gasteiger partial charge in [-0.2, -0.15) is 0 Å². The van der Waals surface area contributed by atoms with Crippen molar-refractivity contribution in [2.45, 2.75) is 0 Å². The van der Waals surface area contributed by atoms with Gasteiger partial charge >= 0.3 is 0 Å². The van der Waals surface area contributed by atoms with E-state index in [1.165, 1.54) is 343 Å². The Morgan fingerprint density at radius 2 is 0.281 bits per heavy atom. The lowest BCUT2D eigenvalue weighted by atomic mass is 9.32. The molecule has 32 aliphatic carbocycles. The summed E-state index contributed by atoms with van der Waals surface area (Å²) >= 11 is 0. The second-order valence-corrected chi connectivity index (χ2v) is 36.5. The molecule has 1 nitrogen and oxygen atoms in total. The van der Waals surface area contributed by atoms with E-state index in [4.69, 9.17) is 0 Å². The van der Waals surface area contributed by atoms with Crippen LogP contribution in [0.3, 0.4) is 0 Å². The molecule has 322 valence electrons. The summed E-state index contributed by atoms with van der Waals surface area (Å²) in [6.45, 7) is 3.38. The van der Waals surface area contributed by atoms with Crippen LogP contribution in [0.1, 0.15) is 0 Å². The van der Waals surface area contributed by atoms with Gasteiger partial charge in [-0.05, 0) is 361 Å². The van der Waals surface area contributed by atoms with Gasteiger partial charge in [-0.3, -0.25) is 0 Å². The molecule has 1 heterocycles. The highest BCUT2D eigenvalue weighted by Gasteiger charge is 3.05. The molecule has 33 rings (SSSR count). The van der Waals surface area contributed by atoms with Crippen LogP contribution in [-0.4, -0.2) is 25.0 Å². The summed E-state index contributed by atoms with van der Waals surface area (Å²) in [7, 11) is 2.86. The molecule has 33 aliphatic rings. The lowest BCUT2D eigenvalue weighted by Crippen LogP contribution is -2.70. The molecule has 32 saturated carbocycles. The minimum absolute atomic E-state index is 0.803. The summed E-state index contributed by atoms with van der Waals surface area (Å²) in [6.07, 6.45) is 0. The van der Waals surface area contributed by atoms with E-state index in [9.17, 15) is 0 Å². The van der Waals surface area contributed by atoms with Gasteiger partial charge in [-0.25, -0.2) is 0 Å². The predicted molar refractivity (Wildman–Crippen MR) is 225 cm³/mol.